The van der Waals surface area contributed by atoms with Crippen LogP contribution in [-0.4, -0.2) is 46.7 Å². The fourth-order valence-electron chi connectivity index (χ4n) is 1.58. The Morgan fingerprint density at radius 3 is 2.60 bits per heavy atom. The van der Waals surface area contributed by atoms with Crippen LogP contribution in [-0.2, 0) is 10.0 Å². The lowest BCUT2D eigenvalue weighted by Crippen LogP contribution is -2.27. The van der Waals surface area contributed by atoms with Crippen molar-refractivity contribution >= 4 is 16.0 Å². The summed E-state index contributed by atoms with van der Waals surface area (Å²) >= 11 is 0. The molecule has 0 saturated heterocycles. The normalized spacial score (nSPS) is 11.3. The van der Waals surface area contributed by atoms with Gasteiger partial charge in [-0.25, -0.2) is 17.9 Å². The summed E-state index contributed by atoms with van der Waals surface area (Å²) in [6.45, 7) is 0.961. The van der Waals surface area contributed by atoms with Crippen molar-refractivity contribution < 1.29 is 23.1 Å². The lowest BCUT2D eigenvalue weighted by molar-refractivity contribution is 0.0693. The average Bonchev–Trinajstić information content (AvgIpc) is 2.42. The number of hydrogen-bond donors (Lipinski definition) is 3. The number of carboxylic acids is 1. The van der Waals surface area contributed by atoms with Crippen LogP contribution in [0.15, 0.2) is 23.1 Å². The summed E-state index contributed by atoms with van der Waals surface area (Å²) in [4.78, 5) is 11.0. The van der Waals surface area contributed by atoms with Crippen molar-refractivity contribution in [3.05, 3.63) is 23.8 Å². The third kappa shape index (κ3) is 4.19. The highest BCUT2D eigenvalue weighted by Crippen LogP contribution is 2.22. The van der Waals surface area contributed by atoms with Gasteiger partial charge >= 0.3 is 5.97 Å². The maximum Gasteiger partial charge on any atom is 0.339 e. The minimum atomic E-state index is -3.72. The lowest BCUT2D eigenvalue weighted by atomic mass is 10.2. The predicted octanol–water partition coefficient (Wildman–Crippen LogP) is 0.281. The Morgan fingerprint density at radius 1 is 1.35 bits per heavy atom. The zero-order valence-electron chi connectivity index (χ0n) is 11.3. The Hall–Kier alpha value is -1.64. The third-order valence-corrected chi connectivity index (χ3v) is 4.07. The number of nitrogens with one attached hydrogen (secondary N) is 2. The molecule has 0 aliphatic rings. The molecule has 1 aromatic carbocycles. The summed E-state index contributed by atoms with van der Waals surface area (Å²) in [6, 6.07) is 3.72. The molecule has 0 radical (unpaired) electrons. The van der Waals surface area contributed by atoms with E-state index in [-0.39, 0.29) is 22.8 Å². The monoisotopic (exact) mass is 302 g/mol. The molecule has 1 rings (SSSR count). The molecule has 20 heavy (non-hydrogen) atoms. The zero-order chi connectivity index (χ0) is 15.2. The summed E-state index contributed by atoms with van der Waals surface area (Å²) < 4.78 is 31.3. The van der Waals surface area contributed by atoms with Gasteiger partial charge < -0.3 is 15.2 Å². The highest BCUT2D eigenvalue weighted by Gasteiger charge is 2.18. The topological polar surface area (TPSA) is 105 Å². The summed E-state index contributed by atoms with van der Waals surface area (Å²) in [5.74, 6) is -1.12. The van der Waals surface area contributed by atoms with Crippen molar-refractivity contribution in [3.63, 3.8) is 0 Å². The molecule has 0 unspecified atom stereocenters. The standard InChI is InChI=1S/C12H18N2O5S/c1-13-6-3-7-14-20(17,18)9-4-5-11(19-2)10(8-9)12(15)16/h4-5,8,13-14H,3,6-7H2,1-2H3,(H,15,16). The van der Waals surface area contributed by atoms with Gasteiger partial charge in [0.2, 0.25) is 10.0 Å². The highest BCUT2D eigenvalue weighted by molar-refractivity contribution is 7.89. The molecule has 3 N–H and O–H groups in total. The SMILES string of the molecule is CNCCCNS(=O)(=O)c1ccc(OC)c(C(=O)O)c1. The first kappa shape index (κ1) is 16.4. The predicted molar refractivity (Wildman–Crippen MR) is 73.7 cm³/mol. The van der Waals surface area contributed by atoms with Gasteiger partial charge in [-0.05, 0) is 38.2 Å². The van der Waals surface area contributed by atoms with E-state index in [9.17, 15) is 13.2 Å². The molecule has 1 aromatic rings. The van der Waals surface area contributed by atoms with Crippen molar-refractivity contribution in [2.45, 2.75) is 11.3 Å². The molecule has 0 amide bonds. The molecule has 8 heteroatoms. The van der Waals surface area contributed by atoms with Crippen molar-refractivity contribution in [1.82, 2.24) is 10.0 Å². The lowest BCUT2D eigenvalue weighted by Gasteiger charge is -2.09. The quantitative estimate of drug-likeness (QED) is 0.596. The van der Waals surface area contributed by atoms with E-state index in [0.717, 1.165) is 6.07 Å². The molecule has 0 aliphatic carbocycles. The van der Waals surface area contributed by atoms with Crippen LogP contribution < -0.4 is 14.8 Å². The molecule has 0 bridgehead atoms. The van der Waals surface area contributed by atoms with Gasteiger partial charge in [-0.3, -0.25) is 0 Å². The van der Waals surface area contributed by atoms with Crippen molar-refractivity contribution in [3.8, 4) is 5.75 Å². The third-order valence-electron chi connectivity index (χ3n) is 2.61. The Kier molecular flexibility index (Phi) is 5.93. The van der Waals surface area contributed by atoms with Gasteiger partial charge in [-0.1, -0.05) is 0 Å². The second kappa shape index (κ2) is 7.22. The summed E-state index contributed by atoms with van der Waals surface area (Å²) in [5, 5.41) is 11.9. The van der Waals surface area contributed by atoms with E-state index in [2.05, 4.69) is 10.0 Å². The number of methoxy groups -OCH3 is 1. The molecule has 0 aromatic heterocycles. The summed E-state index contributed by atoms with van der Waals surface area (Å²) in [5.41, 5.74) is -0.189. The zero-order valence-corrected chi connectivity index (χ0v) is 12.2. The molecule has 0 spiro atoms. The molecular weight excluding hydrogens is 284 g/mol. The van der Waals surface area contributed by atoms with E-state index < -0.39 is 16.0 Å². The number of benzene rings is 1. The number of aromatic carboxylic acids is 1. The van der Waals surface area contributed by atoms with Crippen LogP contribution in [0.3, 0.4) is 0 Å². The number of hydrogen-bond acceptors (Lipinski definition) is 5. The Bertz CT molecular complexity index is 571. The van der Waals surface area contributed by atoms with Crippen LogP contribution in [0.25, 0.3) is 0 Å². The van der Waals surface area contributed by atoms with Crippen molar-refractivity contribution in [2.75, 3.05) is 27.2 Å². The van der Waals surface area contributed by atoms with E-state index in [1.807, 2.05) is 0 Å². The van der Waals surface area contributed by atoms with E-state index in [4.69, 9.17) is 9.84 Å². The van der Waals surface area contributed by atoms with Crippen LogP contribution in [0.5, 0.6) is 5.75 Å². The van der Waals surface area contributed by atoms with E-state index >= 15 is 0 Å². The average molecular weight is 302 g/mol. The maximum atomic E-state index is 12.0. The molecule has 0 aliphatic heterocycles. The number of carbonyl (C=O) groups is 1. The largest absolute Gasteiger partial charge is 0.496 e. The molecule has 0 heterocycles. The highest BCUT2D eigenvalue weighted by atomic mass is 32.2. The minimum absolute atomic E-state index is 0.0971. The molecule has 0 saturated carbocycles. The molecule has 0 fully saturated rings. The Balaban J connectivity index is 2.95. The van der Waals surface area contributed by atoms with E-state index in [1.165, 1.54) is 19.2 Å². The van der Waals surface area contributed by atoms with Crippen molar-refractivity contribution in [1.29, 1.82) is 0 Å². The fraction of sp³-hybridized carbons (Fsp3) is 0.417. The van der Waals surface area contributed by atoms with Crippen LogP contribution in [0, 0.1) is 0 Å². The van der Waals surface area contributed by atoms with Gasteiger partial charge in [0.25, 0.3) is 0 Å². The van der Waals surface area contributed by atoms with Gasteiger partial charge in [-0.2, -0.15) is 0 Å². The van der Waals surface area contributed by atoms with Crippen molar-refractivity contribution in [2.24, 2.45) is 0 Å². The molecule has 112 valence electrons. The van der Waals surface area contributed by atoms with Crippen LogP contribution in [0.1, 0.15) is 16.8 Å². The Morgan fingerprint density at radius 2 is 2.05 bits per heavy atom. The number of ether oxygens (including phenoxy) is 1. The second-order valence-corrected chi connectivity index (χ2v) is 5.79. The summed E-state index contributed by atoms with van der Waals surface area (Å²) in [6.07, 6.45) is 0.637. The number of rotatable bonds is 8. The van der Waals surface area contributed by atoms with Gasteiger partial charge in [0.1, 0.15) is 11.3 Å². The van der Waals surface area contributed by atoms with Gasteiger partial charge in [0.05, 0.1) is 12.0 Å². The first-order valence-corrected chi connectivity index (χ1v) is 7.46. The smallest absolute Gasteiger partial charge is 0.339 e. The van der Waals surface area contributed by atoms with E-state index in [1.54, 1.807) is 7.05 Å². The number of carboxylic acid groups (broad SMARTS) is 1. The second-order valence-electron chi connectivity index (χ2n) is 4.02. The van der Waals surface area contributed by atoms with Gasteiger partial charge in [-0.15, -0.1) is 0 Å². The van der Waals surface area contributed by atoms with Gasteiger partial charge in [0.15, 0.2) is 0 Å². The van der Waals surface area contributed by atoms with E-state index in [0.29, 0.717) is 13.0 Å². The number of sulfonamides is 1. The maximum absolute atomic E-state index is 12.0. The van der Waals surface area contributed by atoms with Gasteiger partial charge in [0, 0.05) is 6.54 Å². The molecular formula is C12H18N2O5S. The first-order chi connectivity index (χ1) is 9.42. The first-order valence-electron chi connectivity index (χ1n) is 5.98. The van der Waals surface area contributed by atoms with Crippen LogP contribution in [0.4, 0.5) is 0 Å². The molecule has 0 atom stereocenters. The van der Waals surface area contributed by atoms with Crippen LogP contribution >= 0.6 is 0 Å². The Labute approximate surface area is 118 Å². The van der Waals surface area contributed by atoms with Crippen LogP contribution in [0.2, 0.25) is 0 Å². The summed E-state index contributed by atoms with van der Waals surface area (Å²) in [7, 11) is -0.618. The molecule has 7 nitrogen and oxygen atoms in total. The minimum Gasteiger partial charge on any atom is -0.496 e. The fourth-order valence-corrected chi connectivity index (χ4v) is 2.68.